The molecule has 6 aromatic rings. The monoisotopic (exact) mass is 992 g/mol. The maximum atomic E-state index is 13.9. The van der Waals surface area contributed by atoms with Crippen molar-refractivity contribution in [2.24, 2.45) is 0 Å². The van der Waals surface area contributed by atoms with Crippen LogP contribution in [0.3, 0.4) is 0 Å². The van der Waals surface area contributed by atoms with E-state index in [4.69, 9.17) is 36.9 Å². The number of pyridine rings is 1. The zero-order valence-electron chi connectivity index (χ0n) is 35.6. The van der Waals surface area contributed by atoms with E-state index in [1.165, 1.54) is 54.4 Å². The topological polar surface area (TPSA) is 213 Å². The number of nitrogens with zero attached hydrogens (tertiary/aromatic N) is 1. The molecule has 1 amide bonds. The smallest absolute Gasteiger partial charge is 0.387 e. The second-order valence-corrected chi connectivity index (χ2v) is 19.1. The van der Waals surface area contributed by atoms with E-state index in [1.807, 2.05) is 6.07 Å². The molecule has 0 saturated heterocycles. The van der Waals surface area contributed by atoms with Gasteiger partial charge >= 0.3 is 6.61 Å². The maximum absolute atomic E-state index is 13.9. The zero-order valence-corrected chi connectivity index (χ0v) is 38.9. The van der Waals surface area contributed by atoms with Crippen molar-refractivity contribution in [1.82, 2.24) is 5.32 Å². The first kappa shape index (κ1) is 50.7. The summed E-state index contributed by atoms with van der Waals surface area (Å²) in [6.45, 7) is -0.775. The van der Waals surface area contributed by atoms with E-state index in [0.29, 0.717) is 12.1 Å². The Morgan fingerprint density at radius 1 is 0.909 bits per heavy atom. The van der Waals surface area contributed by atoms with Crippen LogP contribution in [-0.2, 0) is 30.3 Å². The number of aromatic nitrogens is 1. The fourth-order valence-electron chi connectivity index (χ4n) is 7.23. The Morgan fingerprint density at radius 2 is 1.58 bits per heavy atom. The molecule has 0 radical (unpaired) electrons. The molecular formula is C45H49Cl2F2N4O11PS. The Balaban J connectivity index is 1.06. The summed E-state index contributed by atoms with van der Waals surface area (Å²) in [4.78, 5) is 35.7. The molecule has 2 aromatic heterocycles. The summed E-state index contributed by atoms with van der Waals surface area (Å²) in [5, 5.41) is 16.4. The Labute approximate surface area is 390 Å². The molecule has 3 atom stereocenters. The standard InChI is InChI=1S/C45H49Cl2F2N4O11PS/c1-66(59,60)52-32-18-20-38-34(25-32)40-33(19-21-39(42(40)62-38)63-45(48)49)43(55)51-41-35(46)27-53(28-36(41)47)44(64-65(56,57)58)31-16-14-30(15-17-31)37(54)26-50-22-8-2-3-9-23-61-24-10-7-13-29-11-5-4-6-12-29/h4-6,11-12,14-21,25,27-28,37,44-45,50,52,54H,2-3,7-10,13,22-24,26H2,1H3,(H2,56,57,58). The molecule has 0 spiro atoms. The molecule has 0 bridgehead atoms. The van der Waals surface area contributed by atoms with E-state index < -0.39 is 48.4 Å². The van der Waals surface area contributed by atoms with Gasteiger partial charge in [0.15, 0.2) is 23.7 Å². The first-order valence-corrected chi connectivity index (χ1v) is 25.1. The SMILES string of the molecule is CS(=O)(=O)Nc1ccc2oc3c(OC(F)F)ccc(C(=O)Nc4c(Cl)c[n+](C(OP(=O)([O-])O)c5ccc(C(O)CNCCCCCCOCCCCc6ccccc6)cc5)cc4Cl)c3c2c1. The molecule has 354 valence electrons. The van der Waals surface area contributed by atoms with Crippen molar-refractivity contribution in [3.8, 4) is 5.75 Å². The first-order valence-electron chi connectivity index (χ1n) is 20.9. The van der Waals surface area contributed by atoms with Gasteiger partial charge in [-0.2, -0.15) is 13.3 Å². The highest BCUT2D eigenvalue weighted by Crippen LogP contribution is 2.41. The van der Waals surface area contributed by atoms with Gasteiger partial charge in [-0.3, -0.25) is 14.1 Å². The molecule has 21 heteroatoms. The molecule has 0 saturated carbocycles. The fourth-order valence-corrected chi connectivity index (χ4v) is 8.84. The summed E-state index contributed by atoms with van der Waals surface area (Å²) in [6, 6.07) is 22.9. The highest BCUT2D eigenvalue weighted by molar-refractivity contribution is 7.92. The Kier molecular flexibility index (Phi) is 17.9. The van der Waals surface area contributed by atoms with Crippen molar-refractivity contribution < 1.29 is 64.4 Å². The number of hydrogen-bond donors (Lipinski definition) is 5. The third-order valence-electron chi connectivity index (χ3n) is 10.3. The normalized spacial score (nSPS) is 13.8. The highest BCUT2D eigenvalue weighted by atomic mass is 35.5. The number of phosphoric ester groups is 1. The minimum absolute atomic E-state index is 0.00331. The molecule has 0 aliphatic rings. The lowest BCUT2D eigenvalue weighted by Crippen LogP contribution is -2.41. The lowest BCUT2D eigenvalue weighted by molar-refractivity contribution is -0.745. The number of sulfonamides is 1. The third-order valence-corrected chi connectivity index (χ3v) is 11.9. The second-order valence-electron chi connectivity index (χ2n) is 15.4. The van der Waals surface area contributed by atoms with Crippen LogP contribution in [0.1, 0.15) is 77.9 Å². The molecule has 5 N–H and O–H groups in total. The van der Waals surface area contributed by atoms with Crippen LogP contribution in [0.15, 0.2) is 102 Å². The van der Waals surface area contributed by atoms with Crippen molar-refractivity contribution >= 4 is 80.3 Å². The van der Waals surface area contributed by atoms with E-state index >= 15 is 0 Å². The highest BCUT2D eigenvalue weighted by Gasteiger charge is 2.30. The fraction of sp³-hybridized carbons (Fsp3) is 0.333. The number of aliphatic hydroxyl groups excluding tert-OH is 1. The number of anilines is 2. The number of rotatable bonds is 25. The Morgan fingerprint density at radius 3 is 2.24 bits per heavy atom. The minimum Gasteiger partial charge on any atom is -0.756 e. The lowest BCUT2D eigenvalue weighted by atomic mass is 10.0. The van der Waals surface area contributed by atoms with Crippen LogP contribution in [0.25, 0.3) is 21.9 Å². The Bertz CT molecular complexity index is 2730. The van der Waals surface area contributed by atoms with Crippen LogP contribution >= 0.6 is 31.0 Å². The van der Waals surface area contributed by atoms with Crippen molar-refractivity contribution in [2.75, 3.05) is 42.6 Å². The predicted octanol–water partition coefficient (Wildman–Crippen LogP) is 8.65. The number of aryl methyl sites for hydroxylation is 1. The number of nitrogens with one attached hydrogen (secondary N) is 3. The number of fused-ring (bicyclic) bond motifs is 3. The summed E-state index contributed by atoms with van der Waals surface area (Å²) in [6.07, 6.45) is 8.01. The number of furan rings is 1. The number of ether oxygens (including phenoxy) is 2. The minimum atomic E-state index is -5.40. The van der Waals surface area contributed by atoms with Crippen LogP contribution in [0.2, 0.25) is 10.0 Å². The number of aliphatic hydroxyl groups is 1. The number of halogens is 4. The van der Waals surface area contributed by atoms with Gasteiger partial charge in [0.2, 0.25) is 10.0 Å². The van der Waals surface area contributed by atoms with E-state index in [0.717, 1.165) is 75.0 Å². The van der Waals surface area contributed by atoms with Gasteiger partial charge in [-0.15, -0.1) is 0 Å². The number of alkyl halides is 2. The van der Waals surface area contributed by atoms with Crippen LogP contribution in [0, 0.1) is 0 Å². The first-order chi connectivity index (χ1) is 31.5. The summed E-state index contributed by atoms with van der Waals surface area (Å²) in [5.41, 5.74) is 1.77. The van der Waals surface area contributed by atoms with Gasteiger partial charge in [-0.1, -0.05) is 78.5 Å². The van der Waals surface area contributed by atoms with E-state index in [-0.39, 0.29) is 61.0 Å². The molecule has 0 fully saturated rings. The number of carbonyl (C=O) groups excluding carboxylic acids is 1. The van der Waals surface area contributed by atoms with Gasteiger partial charge in [-0.25, -0.2) is 12.9 Å². The lowest BCUT2D eigenvalue weighted by Gasteiger charge is -2.21. The van der Waals surface area contributed by atoms with Crippen LogP contribution < -0.4 is 29.6 Å². The van der Waals surface area contributed by atoms with Gasteiger partial charge in [0.05, 0.1) is 23.6 Å². The molecule has 15 nitrogen and oxygen atoms in total. The number of phosphoric acid groups is 1. The summed E-state index contributed by atoms with van der Waals surface area (Å²) >= 11 is 13.2. The Hall–Kier alpha value is -4.72. The van der Waals surface area contributed by atoms with Crippen molar-refractivity contribution in [2.45, 2.75) is 63.9 Å². The summed E-state index contributed by atoms with van der Waals surface area (Å²) < 4.78 is 87.3. The van der Waals surface area contributed by atoms with E-state index in [1.54, 1.807) is 12.1 Å². The summed E-state index contributed by atoms with van der Waals surface area (Å²) in [5.74, 6) is -1.25. The number of hydrogen-bond acceptors (Lipinski definition) is 11. The third kappa shape index (κ3) is 14.6. The van der Waals surface area contributed by atoms with E-state index in [2.05, 4.69) is 44.4 Å². The van der Waals surface area contributed by atoms with Crippen molar-refractivity contribution in [1.29, 1.82) is 0 Å². The van der Waals surface area contributed by atoms with Crippen LogP contribution in [0.4, 0.5) is 20.2 Å². The summed E-state index contributed by atoms with van der Waals surface area (Å²) in [7, 11) is -9.12. The molecule has 0 aliphatic carbocycles. The van der Waals surface area contributed by atoms with Gasteiger partial charge in [0.25, 0.3) is 20.0 Å². The number of benzene rings is 4. The molecule has 0 aliphatic heterocycles. The quantitative estimate of drug-likeness (QED) is 0.0207. The van der Waals surface area contributed by atoms with Crippen LogP contribution in [-0.4, -0.2) is 63.5 Å². The second kappa shape index (κ2) is 23.3. The molecule has 4 aromatic carbocycles. The van der Waals surface area contributed by atoms with Gasteiger partial charge in [0, 0.05) is 41.8 Å². The average molecular weight is 994 g/mol. The van der Waals surface area contributed by atoms with Crippen molar-refractivity contribution in [3.63, 3.8) is 0 Å². The maximum Gasteiger partial charge on any atom is 0.387 e. The largest absolute Gasteiger partial charge is 0.756 e. The number of amides is 1. The molecular weight excluding hydrogens is 944 g/mol. The van der Waals surface area contributed by atoms with Crippen molar-refractivity contribution in [3.05, 3.63) is 130 Å². The molecule has 3 unspecified atom stereocenters. The zero-order chi connectivity index (χ0) is 47.4. The van der Waals surface area contributed by atoms with Gasteiger partial charge < -0.3 is 39.4 Å². The van der Waals surface area contributed by atoms with Crippen LogP contribution in [0.5, 0.6) is 5.75 Å². The predicted molar refractivity (Wildman–Crippen MR) is 245 cm³/mol. The average Bonchev–Trinajstić information content (AvgIpc) is 3.64. The number of unbranched alkanes of at least 4 members (excludes halogenated alkanes) is 4. The van der Waals surface area contributed by atoms with Gasteiger partial charge in [0.1, 0.15) is 15.6 Å². The molecule has 66 heavy (non-hydrogen) atoms. The number of carbonyl (C=O) groups is 1. The van der Waals surface area contributed by atoms with Gasteiger partial charge in [-0.05, 0) is 92.2 Å². The molecule has 6 rings (SSSR count). The molecule has 2 heterocycles. The van der Waals surface area contributed by atoms with E-state index in [9.17, 15) is 41.5 Å².